The molecule has 0 spiro atoms. The van der Waals surface area contributed by atoms with E-state index in [9.17, 15) is 0 Å². The maximum Gasteiger partial charge on any atom is -0.0144 e. The Hall–Kier alpha value is -0.260. The minimum atomic E-state index is 0.632. The molecule has 0 nitrogen and oxygen atoms in total. The molecule has 0 aromatic heterocycles. The summed E-state index contributed by atoms with van der Waals surface area (Å²) >= 11 is 0. The molecule has 3 unspecified atom stereocenters. The van der Waals surface area contributed by atoms with E-state index in [2.05, 4.69) is 47.6 Å². The molecule has 0 heterocycles. The van der Waals surface area contributed by atoms with Gasteiger partial charge in [0.15, 0.2) is 0 Å². The maximum atomic E-state index is 2.50. The summed E-state index contributed by atoms with van der Waals surface area (Å²) in [6.07, 6.45) is 13.7. The average molecular weight is 279 g/mol. The summed E-state index contributed by atoms with van der Waals surface area (Å²) in [7, 11) is 0. The van der Waals surface area contributed by atoms with E-state index in [-0.39, 0.29) is 0 Å². The van der Waals surface area contributed by atoms with Crippen molar-refractivity contribution in [3.05, 3.63) is 11.6 Å². The summed E-state index contributed by atoms with van der Waals surface area (Å²) in [6, 6.07) is 0. The fourth-order valence-electron chi connectivity index (χ4n) is 3.87. The molecule has 20 heavy (non-hydrogen) atoms. The summed E-state index contributed by atoms with van der Waals surface area (Å²) in [5, 5.41) is 0. The van der Waals surface area contributed by atoms with E-state index >= 15 is 0 Å². The normalized spacial score (nSPS) is 27.9. The van der Waals surface area contributed by atoms with E-state index in [0.717, 1.165) is 17.8 Å². The molecular formula is C20H38. The zero-order chi connectivity index (χ0) is 15.2. The topological polar surface area (TPSA) is 0 Å². The van der Waals surface area contributed by atoms with Crippen LogP contribution in [0.1, 0.15) is 92.9 Å². The highest BCUT2D eigenvalue weighted by Crippen LogP contribution is 2.60. The van der Waals surface area contributed by atoms with Gasteiger partial charge in [0.05, 0.1) is 0 Å². The number of rotatable bonds is 10. The van der Waals surface area contributed by atoms with Crippen molar-refractivity contribution >= 4 is 0 Å². The summed E-state index contributed by atoms with van der Waals surface area (Å²) in [5.41, 5.74) is 2.39. The van der Waals surface area contributed by atoms with Gasteiger partial charge in [-0.25, -0.2) is 0 Å². The van der Waals surface area contributed by atoms with Crippen LogP contribution in [0.5, 0.6) is 0 Å². The van der Waals surface area contributed by atoms with Crippen LogP contribution in [-0.2, 0) is 0 Å². The molecule has 0 N–H and O–H groups in total. The first-order chi connectivity index (χ1) is 9.42. The average Bonchev–Trinajstić information content (AvgIpc) is 3.03. The lowest BCUT2D eigenvalue weighted by atomic mass is 9.89. The van der Waals surface area contributed by atoms with Gasteiger partial charge >= 0.3 is 0 Å². The molecule has 0 amide bonds. The second kappa shape index (κ2) is 8.25. The van der Waals surface area contributed by atoms with Crippen LogP contribution in [0, 0.1) is 23.2 Å². The van der Waals surface area contributed by atoms with E-state index in [1.807, 2.05) is 0 Å². The first-order valence-corrected chi connectivity index (χ1v) is 9.08. The van der Waals surface area contributed by atoms with Gasteiger partial charge in [0.2, 0.25) is 0 Å². The van der Waals surface area contributed by atoms with Crippen LogP contribution in [0.3, 0.4) is 0 Å². The summed E-state index contributed by atoms with van der Waals surface area (Å²) in [6.45, 7) is 14.2. The predicted molar refractivity (Wildman–Crippen MR) is 92.0 cm³/mol. The number of hydrogen-bond donors (Lipinski definition) is 0. The Labute approximate surface area is 128 Å². The van der Waals surface area contributed by atoms with Crippen molar-refractivity contribution in [1.29, 1.82) is 0 Å². The molecule has 1 rings (SSSR count). The summed E-state index contributed by atoms with van der Waals surface area (Å²) in [5.74, 6) is 2.68. The van der Waals surface area contributed by atoms with Crippen molar-refractivity contribution in [2.45, 2.75) is 92.9 Å². The molecule has 118 valence electrons. The molecule has 1 saturated carbocycles. The third-order valence-corrected chi connectivity index (χ3v) is 5.40. The van der Waals surface area contributed by atoms with Gasteiger partial charge in [-0.05, 0) is 55.8 Å². The van der Waals surface area contributed by atoms with Gasteiger partial charge in [-0.2, -0.15) is 0 Å². The van der Waals surface area contributed by atoms with E-state index in [1.165, 1.54) is 51.4 Å². The Morgan fingerprint density at radius 2 is 1.90 bits per heavy atom. The van der Waals surface area contributed by atoms with Gasteiger partial charge in [-0.1, -0.05) is 72.0 Å². The number of allylic oxidation sites excluding steroid dienone is 2. The lowest BCUT2D eigenvalue weighted by Gasteiger charge is -2.16. The Morgan fingerprint density at radius 3 is 2.45 bits per heavy atom. The molecule has 0 aromatic rings. The van der Waals surface area contributed by atoms with Crippen molar-refractivity contribution in [2.75, 3.05) is 0 Å². The van der Waals surface area contributed by atoms with E-state index < -0.39 is 0 Å². The Bertz CT molecular complexity index is 299. The molecular weight excluding hydrogens is 240 g/mol. The minimum absolute atomic E-state index is 0.632. The maximum absolute atomic E-state index is 2.50. The minimum Gasteiger partial charge on any atom is -0.0882 e. The van der Waals surface area contributed by atoms with Gasteiger partial charge in [-0.15, -0.1) is 0 Å². The molecule has 0 radical (unpaired) electrons. The van der Waals surface area contributed by atoms with Gasteiger partial charge in [0.25, 0.3) is 0 Å². The predicted octanol–water partition coefficient (Wildman–Crippen LogP) is 7.00. The van der Waals surface area contributed by atoms with Crippen molar-refractivity contribution in [3.8, 4) is 0 Å². The largest absolute Gasteiger partial charge is 0.0882 e. The van der Waals surface area contributed by atoms with Gasteiger partial charge in [0.1, 0.15) is 0 Å². The number of unbranched alkanes of at least 4 members (excludes halogenated alkanes) is 2. The Morgan fingerprint density at radius 1 is 1.20 bits per heavy atom. The van der Waals surface area contributed by atoms with Crippen LogP contribution >= 0.6 is 0 Å². The lowest BCUT2D eigenvalue weighted by Crippen LogP contribution is -2.05. The monoisotopic (exact) mass is 278 g/mol. The first kappa shape index (κ1) is 17.8. The van der Waals surface area contributed by atoms with E-state index in [4.69, 9.17) is 0 Å². The Balaban J connectivity index is 2.22. The molecule has 1 aliphatic rings. The molecule has 0 aromatic carbocycles. The standard InChI is InChI=1S/C20H38/c1-7-17(5)12-10-9-11-13-18(8-2)19-15-20(19,6)14-16(3)4/h8,16-17,19H,7,9-15H2,1-6H3. The summed E-state index contributed by atoms with van der Waals surface area (Å²) < 4.78 is 0. The lowest BCUT2D eigenvalue weighted by molar-refractivity contribution is 0.396. The van der Waals surface area contributed by atoms with Crippen molar-refractivity contribution in [1.82, 2.24) is 0 Å². The second-order valence-electron chi connectivity index (χ2n) is 7.99. The zero-order valence-corrected chi connectivity index (χ0v) is 15.0. The van der Waals surface area contributed by atoms with Crippen LogP contribution in [0.15, 0.2) is 11.6 Å². The molecule has 3 atom stereocenters. The molecule has 1 fully saturated rings. The highest BCUT2D eigenvalue weighted by Gasteiger charge is 2.50. The number of hydrogen-bond acceptors (Lipinski definition) is 0. The van der Waals surface area contributed by atoms with E-state index in [0.29, 0.717) is 5.41 Å². The molecule has 0 saturated heterocycles. The van der Waals surface area contributed by atoms with Crippen LogP contribution in [-0.4, -0.2) is 0 Å². The molecule has 0 heteroatoms. The van der Waals surface area contributed by atoms with E-state index in [1.54, 1.807) is 5.57 Å². The fraction of sp³-hybridized carbons (Fsp3) is 0.900. The van der Waals surface area contributed by atoms with Crippen molar-refractivity contribution < 1.29 is 0 Å². The smallest absolute Gasteiger partial charge is 0.0144 e. The molecule has 1 aliphatic carbocycles. The van der Waals surface area contributed by atoms with Crippen molar-refractivity contribution in [2.24, 2.45) is 23.2 Å². The zero-order valence-electron chi connectivity index (χ0n) is 15.0. The third-order valence-electron chi connectivity index (χ3n) is 5.40. The highest BCUT2D eigenvalue weighted by molar-refractivity contribution is 5.20. The van der Waals surface area contributed by atoms with Gasteiger partial charge < -0.3 is 0 Å². The summed E-state index contributed by atoms with van der Waals surface area (Å²) in [4.78, 5) is 0. The fourth-order valence-corrected chi connectivity index (χ4v) is 3.87. The second-order valence-corrected chi connectivity index (χ2v) is 7.99. The van der Waals surface area contributed by atoms with Crippen LogP contribution in [0.2, 0.25) is 0 Å². The quantitative estimate of drug-likeness (QED) is 0.298. The highest BCUT2D eigenvalue weighted by atomic mass is 14.5. The van der Waals surface area contributed by atoms with Crippen LogP contribution in [0.25, 0.3) is 0 Å². The Kier molecular flexibility index (Phi) is 7.34. The first-order valence-electron chi connectivity index (χ1n) is 9.08. The molecule has 0 aliphatic heterocycles. The van der Waals surface area contributed by atoms with Gasteiger partial charge in [-0.3, -0.25) is 0 Å². The SMILES string of the molecule is CC=C(CCCCCC(C)CC)C1CC1(C)CC(C)C. The molecule has 0 bridgehead atoms. The van der Waals surface area contributed by atoms with Crippen molar-refractivity contribution in [3.63, 3.8) is 0 Å². The third kappa shape index (κ3) is 5.62. The van der Waals surface area contributed by atoms with Crippen LogP contribution in [0.4, 0.5) is 0 Å². The van der Waals surface area contributed by atoms with Crippen LogP contribution < -0.4 is 0 Å². The van der Waals surface area contributed by atoms with Gasteiger partial charge in [0, 0.05) is 0 Å².